The van der Waals surface area contributed by atoms with Crippen LogP contribution in [0.1, 0.15) is 15.9 Å². The first-order valence-electron chi connectivity index (χ1n) is 10.3. The van der Waals surface area contributed by atoms with Crippen LogP contribution in [-0.2, 0) is 16.0 Å². The minimum atomic E-state index is -0.652. The second kappa shape index (κ2) is 11.5. The molecule has 9 nitrogen and oxygen atoms in total. The van der Waals surface area contributed by atoms with Crippen molar-refractivity contribution < 1.29 is 28.6 Å². The number of nitrogens with one attached hydrogen (secondary N) is 1. The number of benzene rings is 2. The Morgan fingerprint density at radius 1 is 1.03 bits per heavy atom. The maximum Gasteiger partial charge on any atom is 0.255 e. The molecule has 2 aromatic carbocycles. The summed E-state index contributed by atoms with van der Waals surface area (Å²) in [6, 6.07) is 10.1. The topological polar surface area (TPSA) is 120 Å². The van der Waals surface area contributed by atoms with Gasteiger partial charge in [-0.25, -0.2) is 0 Å². The molecule has 0 spiro atoms. The van der Waals surface area contributed by atoms with Gasteiger partial charge in [0.15, 0.2) is 18.1 Å². The van der Waals surface area contributed by atoms with Crippen LogP contribution in [-0.4, -0.2) is 68.0 Å². The van der Waals surface area contributed by atoms with Crippen LogP contribution in [0, 0.1) is 0 Å². The third-order valence-corrected chi connectivity index (χ3v) is 5.96. The van der Waals surface area contributed by atoms with E-state index in [9.17, 15) is 14.4 Å². The Bertz CT molecular complexity index is 981. The Labute approximate surface area is 196 Å². The number of thioether (sulfide) groups is 1. The van der Waals surface area contributed by atoms with E-state index in [-0.39, 0.29) is 41.2 Å². The van der Waals surface area contributed by atoms with Crippen LogP contribution in [0.2, 0.25) is 0 Å². The van der Waals surface area contributed by atoms with Crippen molar-refractivity contribution in [2.24, 2.45) is 5.73 Å². The molecule has 1 heterocycles. The first kappa shape index (κ1) is 24.2. The van der Waals surface area contributed by atoms with Gasteiger partial charge in [0.1, 0.15) is 0 Å². The summed E-state index contributed by atoms with van der Waals surface area (Å²) in [5.74, 6) is 1.66. The number of hydrogen-bond acceptors (Lipinski definition) is 7. The summed E-state index contributed by atoms with van der Waals surface area (Å²) >= 11 is 1.86. The molecule has 0 unspecified atom stereocenters. The van der Waals surface area contributed by atoms with Crippen molar-refractivity contribution in [3.8, 4) is 17.2 Å². The van der Waals surface area contributed by atoms with Crippen molar-refractivity contribution in [2.75, 3.05) is 50.7 Å². The highest BCUT2D eigenvalue weighted by Gasteiger charge is 2.19. The molecule has 2 aromatic rings. The number of anilines is 1. The molecule has 0 aliphatic carbocycles. The second-order valence-electron chi connectivity index (χ2n) is 7.29. The number of methoxy groups -OCH3 is 2. The maximum absolute atomic E-state index is 12.8. The van der Waals surface area contributed by atoms with Gasteiger partial charge >= 0.3 is 0 Å². The third-order valence-electron chi connectivity index (χ3n) is 5.01. The molecule has 0 saturated carbocycles. The molecule has 33 heavy (non-hydrogen) atoms. The number of nitrogens with two attached hydrogens (primary N) is 1. The highest BCUT2D eigenvalue weighted by Crippen LogP contribution is 2.38. The lowest BCUT2D eigenvalue weighted by Gasteiger charge is -2.26. The van der Waals surface area contributed by atoms with Gasteiger partial charge in [-0.05, 0) is 29.8 Å². The number of nitrogens with zero attached hydrogens (tertiary/aromatic N) is 1. The quantitative estimate of drug-likeness (QED) is 0.571. The van der Waals surface area contributed by atoms with Crippen LogP contribution in [0.5, 0.6) is 17.2 Å². The van der Waals surface area contributed by atoms with Gasteiger partial charge in [0.05, 0.1) is 20.6 Å². The Hall–Kier alpha value is -3.40. The van der Waals surface area contributed by atoms with Crippen molar-refractivity contribution >= 4 is 35.2 Å². The monoisotopic (exact) mass is 473 g/mol. The summed E-state index contributed by atoms with van der Waals surface area (Å²) in [6.07, 6.45) is 0.333. The number of primary amides is 1. The standard InChI is InChI=1S/C23H27N3O6S/c1-30-18-12-16(13-19(31-2)22(18)32-14-20(24)27)23(29)25-17-5-3-15(4-6-17)11-21(28)26-7-9-33-10-8-26/h3-6,12-13H,7-11,14H2,1-2H3,(H2,24,27)(H,25,29). The molecule has 0 aromatic heterocycles. The molecule has 3 rings (SSSR count). The molecule has 3 amide bonds. The van der Waals surface area contributed by atoms with Crippen LogP contribution in [0.15, 0.2) is 36.4 Å². The van der Waals surface area contributed by atoms with Crippen LogP contribution >= 0.6 is 11.8 Å². The Kier molecular flexibility index (Phi) is 8.42. The van der Waals surface area contributed by atoms with E-state index in [0.717, 1.165) is 30.2 Å². The van der Waals surface area contributed by atoms with Crippen molar-refractivity contribution in [3.63, 3.8) is 0 Å². The molecule has 1 fully saturated rings. The number of carbonyl (C=O) groups excluding carboxylic acids is 3. The zero-order chi connectivity index (χ0) is 23.8. The molecule has 1 aliphatic rings. The normalized spacial score (nSPS) is 13.2. The lowest BCUT2D eigenvalue weighted by molar-refractivity contribution is -0.130. The predicted molar refractivity (Wildman–Crippen MR) is 126 cm³/mol. The zero-order valence-corrected chi connectivity index (χ0v) is 19.4. The fourth-order valence-corrected chi connectivity index (χ4v) is 4.21. The smallest absolute Gasteiger partial charge is 0.255 e. The average Bonchev–Trinajstić information content (AvgIpc) is 2.83. The van der Waals surface area contributed by atoms with Gasteiger partial charge < -0.3 is 30.2 Å². The first-order valence-corrected chi connectivity index (χ1v) is 11.5. The fourth-order valence-electron chi connectivity index (χ4n) is 3.30. The van der Waals surface area contributed by atoms with Crippen LogP contribution in [0.25, 0.3) is 0 Å². The van der Waals surface area contributed by atoms with E-state index in [1.807, 2.05) is 28.8 Å². The first-order chi connectivity index (χ1) is 15.9. The lowest BCUT2D eigenvalue weighted by Crippen LogP contribution is -2.38. The van der Waals surface area contributed by atoms with Gasteiger partial charge in [0, 0.05) is 35.8 Å². The fraction of sp³-hybridized carbons (Fsp3) is 0.348. The Balaban J connectivity index is 1.67. The minimum absolute atomic E-state index is 0.116. The van der Waals surface area contributed by atoms with Crippen LogP contribution < -0.4 is 25.3 Å². The van der Waals surface area contributed by atoms with E-state index in [0.29, 0.717) is 12.1 Å². The molecular formula is C23H27N3O6S. The summed E-state index contributed by atoms with van der Waals surface area (Å²) in [5.41, 5.74) is 6.87. The van der Waals surface area contributed by atoms with Crippen molar-refractivity contribution in [1.29, 1.82) is 0 Å². The van der Waals surface area contributed by atoms with E-state index in [2.05, 4.69) is 5.32 Å². The van der Waals surface area contributed by atoms with Crippen molar-refractivity contribution in [1.82, 2.24) is 4.90 Å². The van der Waals surface area contributed by atoms with Gasteiger partial charge in [-0.3, -0.25) is 14.4 Å². The lowest BCUT2D eigenvalue weighted by atomic mass is 10.1. The van der Waals surface area contributed by atoms with E-state index >= 15 is 0 Å². The number of hydrogen-bond donors (Lipinski definition) is 2. The predicted octanol–water partition coefficient (Wildman–Crippen LogP) is 1.94. The molecule has 3 N–H and O–H groups in total. The van der Waals surface area contributed by atoms with E-state index < -0.39 is 5.91 Å². The largest absolute Gasteiger partial charge is 0.493 e. The number of amides is 3. The number of carbonyl (C=O) groups is 3. The van der Waals surface area contributed by atoms with Gasteiger partial charge in [0.25, 0.3) is 11.8 Å². The van der Waals surface area contributed by atoms with Crippen molar-refractivity contribution in [3.05, 3.63) is 47.5 Å². The molecule has 0 bridgehead atoms. The molecule has 176 valence electrons. The molecule has 0 atom stereocenters. The molecule has 1 aliphatic heterocycles. The number of ether oxygens (including phenoxy) is 3. The highest BCUT2D eigenvalue weighted by atomic mass is 32.2. The van der Waals surface area contributed by atoms with Gasteiger partial charge in [-0.1, -0.05) is 12.1 Å². The van der Waals surface area contributed by atoms with Crippen LogP contribution in [0.4, 0.5) is 5.69 Å². The van der Waals surface area contributed by atoms with Gasteiger partial charge in [-0.15, -0.1) is 0 Å². The average molecular weight is 474 g/mol. The van der Waals surface area contributed by atoms with E-state index in [1.54, 1.807) is 12.1 Å². The zero-order valence-electron chi connectivity index (χ0n) is 18.6. The minimum Gasteiger partial charge on any atom is -0.493 e. The highest BCUT2D eigenvalue weighted by molar-refractivity contribution is 7.99. The third kappa shape index (κ3) is 6.55. The Morgan fingerprint density at radius 2 is 1.64 bits per heavy atom. The van der Waals surface area contributed by atoms with Crippen molar-refractivity contribution in [2.45, 2.75) is 6.42 Å². The van der Waals surface area contributed by atoms with Gasteiger partial charge in [0.2, 0.25) is 11.7 Å². The molecule has 10 heteroatoms. The summed E-state index contributed by atoms with van der Waals surface area (Å²) < 4.78 is 15.9. The SMILES string of the molecule is COc1cc(C(=O)Nc2ccc(CC(=O)N3CCSCC3)cc2)cc(OC)c1OCC(N)=O. The number of rotatable bonds is 9. The second-order valence-corrected chi connectivity index (χ2v) is 8.51. The van der Waals surface area contributed by atoms with E-state index in [4.69, 9.17) is 19.9 Å². The summed E-state index contributed by atoms with van der Waals surface area (Å²) in [4.78, 5) is 38.2. The summed E-state index contributed by atoms with van der Waals surface area (Å²) in [7, 11) is 2.83. The van der Waals surface area contributed by atoms with Crippen LogP contribution in [0.3, 0.4) is 0 Å². The molecule has 1 saturated heterocycles. The summed E-state index contributed by atoms with van der Waals surface area (Å²) in [5, 5.41) is 2.81. The van der Waals surface area contributed by atoms with E-state index in [1.165, 1.54) is 26.4 Å². The molecular weight excluding hydrogens is 446 g/mol. The molecule has 0 radical (unpaired) electrons. The summed E-state index contributed by atoms with van der Waals surface area (Å²) in [6.45, 7) is 1.22. The van der Waals surface area contributed by atoms with Gasteiger partial charge in [-0.2, -0.15) is 11.8 Å². The maximum atomic E-state index is 12.8. The Morgan fingerprint density at radius 3 is 2.18 bits per heavy atom.